The fourth-order valence-corrected chi connectivity index (χ4v) is 6.07. The first-order valence-corrected chi connectivity index (χ1v) is 14.6. The minimum atomic E-state index is -0.303. The van der Waals surface area contributed by atoms with Crippen LogP contribution in [0.4, 0.5) is 11.5 Å². The summed E-state index contributed by atoms with van der Waals surface area (Å²) in [5, 5.41) is 8.43. The van der Waals surface area contributed by atoms with Gasteiger partial charge in [0.1, 0.15) is 5.82 Å². The Bertz CT molecular complexity index is 1430. The quantitative estimate of drug-likeness (QED) is 0.130. The molecule has 2 aliphatic rings. The lowest BCUT2D eigenvalue weighted by Crippen LogP contribution is -2.26. The smallest absolute Gasteiger partial charge is 0.242 e. The molecule has 1 atom stereocenters. The van der Waals surface area contributed by atoms with Crippen molar-refractivity contribution in [3.05, 3.63) is 46.7 Å². The van der Waals surface area contributed by atoms with Crippen LogP contribution in [0.25, 0.3) is 11.3 Å². The average molecular weight is 602 g/mol. The van der Waals surface area contributed by atoms with Crippen LogP contribution in [0.1, 0.15) is 17.5 Å². The summed E-state index contributed by atoms with van der Waals surface area (Å²) in [6, 6.07) is 7.65. The second-order valence-electron chi connectivity index (χ2n) is 9.49. The van der Waals surface area contributed by atoms with Gasteiger partial charge < -0.3 is 24.3 Å². The molecule has 1 fully saturated rings. The first-order chi connectivity index (χ1) is 19.9. The maximum absolute atomic E-state index is 12.0. The number of rotatable bonds is 14. The molecule has 1 N–H and O–H groups in total. The van der Waals surface area contributed by atoms with E-state index < -0.39 is 0 Å². The maximum Gasteiger partial charge on any atom is 0.242 e. The number of hydrogen-bond acceptors (Lipinski definition) is 10. The number of fused-ring (bicyclic) bond motifs is 3. The van der Waals surface area contributed by atoms with Crippen LogP contribution in [-0.4, -0.2) is 90.2 Å². The number of carbonyl (C=O) groups excluding carboxylic acids is 2. The van der Waals surface area contributed by atoms with Crippen molar-refractivity contribution in [1.29, 1.82) is 0 Å². The van der Waals surface area contributed by atoms with Crippen molar-refractivity contribution in [3.63, 3.8) is 0 Å². The summed E-state index contributed by atoms with van der Waals surface area (Å²) < 4.78 is 24.4. The monoisotopic (exact) mass is 601 g/mol. The summed E-state index contributed by atoms with van der Waals surface area (Å²) in [7, 11) is 4.77. The first-order valence-electron chi connectivity index (χ1n) is 13.2. The van der Waals surface area contributed by atoms with Crippen LogP contribution >= 0.6 is 23.4 Å². The largest absolute Gasteiger partial charge is 0.493 e. The summed E-state index contributed by atoms with van der Waals surface area (Å²) in [5.41, 5.74) is 4.71. The van der Waals surface area contributed by atoms with E-state index in [4.69, 9.17) is 35.6 Å². The van der Waals surface area contributed by atoms with Crippen molar-refractivity contribution < 1.29 is 28.5 Å². The van der Waals surface area contributed by atoms with E-state index in [0.717, 1.165) is 28.2 Å². The van der Waals surface area contributed by atoms with E-state index >= 15 is 0 Å². The number of amides is 2. The molecule has 5 rings (SSSR count). The minimum Gasteiger partial charge on any atom is -0.493 e. The molecule has 11 nitrogen and oxygen atoms in total. The fraction of sp³-hybridized carbons (Fsp3) is 0.429. The first kappa shape index (κ1) is 29.2. The lowest BCUT2D eigenvalue weighted by atomic mass is 10.1. The number of halogens is 1. The maximum atomic E-state index is 12.0. The van der Waals surface area contributed by atoms with Gasteiger partial charge >= 0.3 is 0 Å². The van der Waals surface area contributed by atoms with Gasteiger partial charge in [0.2, 0.25) is 11.8 Å². The molecule has 0 radical (unpaired) electrons. The lowest BCUT2D eigenvalue weighted by Gasteiger charge is -2.14. The SMILES string of the molecule is COc1cc2c(cc1OC)-c1nn(CCOCCOCCSC3CC(=O)N(C)C3=O)c(Nc3cccnc3Cl)c1C2. The van der Waals surface area contributed by atoms with Crippen LogP contribution in [0.5, 0.6) is 11.5 Å². The topological polar surface area (TPSA) is 117 Å². The number of carbonyl (C=O) groups is 2. The zero-order valence-corrected chi connectivity index (χ0v) is 24.7. The van der Waals surface area contributed by atoms with Crippen molar-refractivity contribution in [1.82, 2.24) is 19.7 Å². The third-order valence-electron chi connectivity index (χ3n) is 7.00. The van der Waals surface area contributed by atoms with E-state index in [1.807, 2.05) is 28.9 Å². The van der Waals surface area contributed by atoms with Gasteiger partial charge in [-0.3, -0.25) is 14.5 Å². The Balaban J connectivity index is 1.17. The Kier molecular flexibility index (Phi) is 9.33. The number of benzene rings is 1. The highest BCUT2D eigenvalue weighted by molar-refractivity contribution is 8.00. The molecule has 3 heterocycles. The molecule has 41 heavy (non-hydrogen) atoms. The molecule has 1 aromatic carbocycles. The molecule has 218 valence electrons. The van der Waals surface area contributed by atoms with Crippen molar-refractivity contribution in [2.45, 2.75) is 24.6 Å². The Morgan fingerprint density at radius 3 is 2.56 bits per heavy atom. The molecule has 3 aromatic rings. The number of thioether (sulfide) groups is 1. The number of likely N-dealkylation sites (tertiary alicyclic amines) is 1. The molecule has 0 saturated carbocycles. The highest BCUT2D eigenvalue weighted by Gasteiger charge is 2.36. The molecule has 0 bridgehead atoms. The third kappa shape index (κ3) is 6.30. The van der Waals surface area contributed by atoms with Crippen molar-refractivity contribution in [3.8, 4) is 22.8 Å². The predicted molar refractivity (Wildman–Crippen MR) is 156 cm³/mol. The molecular formula is C28H32ClN5O6S. The van der Waals surface area contributed by atoms with Crippen LogP contribution in [0.15, 0.2) is 30.5 Å². The molecule has 2 amide bonds. The Morgan fingerprint density at radius 2 is 1.85 bits per heavy atom. The van der Waals surface area contributed by atoms with Crippen LogP contribution < -0.4 is 14.8 Å². The summed E-state index contributed by atoms with van der Waals surface area (Å²) in [6.45, 7) is 2.27. The Morgan fingerprint density at radius 1 is 1.10 bits per heavy atom. The van der Waals surface area contributed by atoms with Crippen LogP contribution in [0, 0.1) is 0 Å². The van der Waals surface area contributed by atoms with Crippen LogP contribution in [-0.2, 0) is 32.0 Å². The number of imide groups is 1. The normalized spacial score (nSPS) is 15.8. The van der Waals surface area contributed by atoms with Gasteiger partial charge in [-0.05, 0) is 29.8 Å². The van der Waals surface area contributed by atoms with Gasteiger partial charge in [0.25, 0.3) is 0 Å². The number of nitrogens with one attached hydrogen (secondary N) is 1. The zero-order chi connectivity index (χ0) is 28.9. The zero-order valence-electron chi connectivity index (χ0n) is 23.1. The van der Waals surface area contributed by atoms with Gasteiger partial charge in [-0.2, -0.15) is 5.10 Å². The van der Waals surface area contributed by atoms with Crippen LogP contribution in [0.3, 0.4) is 0 Å². The molecule has 1 saturated heterocycles. The minimum absolute atomic E-state index is 0.129. The summed E-state index contributed by atoms with van der Waals surface area (Å²) in [4.78, 5) is 29.0. The summed E-state index contributed by atoms with van der Waals surface area (Å²) in [5.74, 6) is 2.53. The number of ether oxygens (including phenoxy) is 4. The van der Waals surface area contributed by atoms with E-state index in [1.165, 1.54) is 23.7 Å². The third-order valence-corrected chi connectivity index (χ3v) is 8.47. The molecule has 1 aliphatic heterocycles. The predicted octanol–water partition coefficient (Wildman–Crippen LogP) is 3.79. The van der Waals surface area contributed by atoms with Gasteiger partial charge in [0.05, 0.1) is 63.8 Å². The molecule has 0 spiro atoms. The lowest BCUT2D eigenvalue weighted by molar-refractivity contribution is -0.136. The highest BCUT2D eigenvalue weighted by atomic mass is 35.5. The van der Waals surface area contributed by atoms with E-state index in [0.29, 0.717) is 67.5 Å². The van der Waals surface area contributed by atoms with E-state index in [-0.39, 0.29) is 23.5 Å². The van der Waals surface area contributed by atoms with E-state index in [9.17, 15) is 9.59 Å². The van der Waals surface area contributed by atoms with Crippen molar-refractivity contribution in [2.24, 2.45) is 0 Å². The Hall–Kier alpha value is -3.32. The molecule has 1 unspecified atom stereocenters. The van der Waals surface area contributed by atoms with Crippen LogP contribution in [0.2, 0.25) is 5.15 Å². The highest BCUT2D eigenvalue weighted by Crippen LogP contribution is 2.45. The number of nitrogens with zero attached hydrogens (tertiary/aromatic N) is 4. The Labute approximate surface area is 247 Å². The summed E-state index contributed by atoms with van der Waals surface area (Å²) in [6.07, 6.45) is 2.58. The number of hydrogen-bond donors (Lipinski definition) is 1. The number of pyridine rings is 1. The van der Waals surface area contributed by atoms with E-state index in [2.05, 4.69) is 10.3 Å². The molecule has 2 aromatic heterocycles. The average Bonchev–Trinajstić information content (AvgIpc) is 3.58. The second-order valence-corrected chi connectivity index (χ2v) is 11.2. The number of aromatic nitrogens is 3. The van der Waals surface area contributed by atoms with Gasteiger partial charge in [0.15, 0.2) is 16.7 Å². The van der Waals surface area contributed by atoms with Gasteiger partial charge in [0, 0.05) is 43.0 Å². The summed E-state index contributed by atoms with van der Waals surface area (Å²) >= 11 is 7.81. The van der Waals surface area contributed by atoms with Gasteiger partial charge in [-0.25, -0.2) is 9.67 Å². The number of methoxy groups -OCH3 is 2. The molecule has 13 heteroatoms. The van der Waals surface area contributed by atoms with Gasteiger partial charge in [-0.15, -0.1) is 11.8 Å². The second kappa shape index (κ2) is 13.1. The van der Waals surface area contributed by atoms with E-state index in [1.54, 1.807) is 20.4 Å². The van der Waals surface area contributed by atoms with Gasteiger partial charge in [-0.1, -0.05) is 11.6 Å². The van der Waals surface area contributed by atoms with Crippen molar-refractivity contribution in [2.75, 3.05) is 58.8 Å². The fourth-order valence-electron chi connectivity index (χ4n) is 4.84. The molecular weight excluding hydrogens is 570 g/mol. The number of anilines is 2. The molecule has 1 aliphatic carbocycles. The van der Waals surface area contributed by atoms with Crippen molar-refractivity contribution >= 4 is 46.7 Å². The standard InChI is InChI=1S/C28H32ClN5O6S/c1-33-24(35)16-23(28(33)36)41-12-11-40-10-9-39-8-7-34-27(31-20-5-4-6-30-26(20)29)19-13-17-14-21(37-2)22(38-3)15-18(17)25(19)32-34/h4-6,14-15,23,31H,7-13,16H2,1-3H3.